The van der Waals surface area contributed by atoms with Crippen LogP contribution in [0.5, 0.6) is 11.5 Å². The molecule has 0 aliphatic carbocycles. The van der Waals surface area contributed by atoms with E-state index in [9.17, 15) is 9.18 Å². The molecule has 2 N–H and O–H groups in total. The van der Waals surface area contributed by atoms with Crippen LogP contribution >= 0.6 is 12.2 Å². The summed E-state index contributed by atoms with van der Waals surface area (Å²) >= 11 is 5.27. The van der Waals surface area contributed by atoms with Gasteiger partial charge in [-0.05, 0) is 72.9 Å². The number of hydrogen-bond acceptors (Lipinski definition) is 6. The maximum atomic E-state index is 13.1. The van der Waals surface area contributed by atoms with E-state index in [-0.39, 0.29) is 16.8 Å². The van der Waals surface area contributed by atoms with Crippen LogP contribution in [0.1, 0.15) is 10.4 Å². The Hall–Kier alpha value is -3.98. The zero-order chi connectivity index (χ0) is 22.1. The van der Waals surface area contributed by atoms with E-state index in [0.29, 0.717) is 58.5 Å². The quantitative estimate of drug-likeness (QED) is 0.445. The Labute approximate surface area is 187 Å². The molecule has 9 heteroatoms. The van der Waals surface area contributed by atoms with Gasteiger partial charge in [-0.2, -0.15) is 0 Å². The second kappa shape index (κ2) is 8.27. The summed E-state index contributed by atoms with van der Waals surface area (Å²) in [5.41, 5.74) is 2.86. The maximum Gasteiger partial charge on any atom is 0.257 e. The monoisotopic (exact) mass is 449 g/mol. The first-order valence-corrected chi connectivity index (χ1v) is 10.1. The summed E-state index contributed by atoms with van der Waals surface area (Å²) in [6.45, 7) is 0.916. The number of rotatable bonds is 3. The van der Waals surface area contributed by atoms with Crippen LogP contribution in [0.2, 0.25) is 0 Å². The summed E-state index contributed by atoms with van der Waals surface area (Å²) in [5.74, 6) is 0.806. The minimum Gasteiger partial charge on any atom is -0.486 e. The lowest BCUT2D eigenvalue weighted by Crippen LogP contribution is -2.34. The average Bonchev–Trinajstić information content (AvgIpc) is 3.22. The highest BCUT2D eigenvalue weighted by Crippen LogP contribution is 2.31. The zero-order valence-electron chi connectivity index (χ0n) is 16.6. The summed E-state index contributed by atoms with van der Waals surface area (Å²) in [7, 11) is 0. The van der Waals surface area contributed by atoms with Crippen molar-refractivity contribution in [1.82, 2.24) is 10.3 Å². The van der Waals surface area contributed by atoms with Crippen LogP contribution in [0.4, 0.5) is 10.1 Å². The highest BCUT2D eigenvalue weighted by Gasteiger charge is 2.16. The number of carbonyl (C=O) groups is 1. The van der Waals surface area contributed by atoms with Crippen molar-refractivity contribution in [2.24, 2.45) is 0 Å². The molecule has 0 unspecified atom stereocenters. The number of halogens is 1. The van der Waals surface area contributed by atoms with Gasteiger partial charge in [0.15, 0.2) is 22.2 Å². The fourth-order valence-electron chi connectivity index (χ4n) is 3.24. The number of fused-ring (bicyclic) bond motifs is 2. The van der Waals surface area contributed by atoms with Crippen LogP contribution in [0.3, 0.4) is 0 Å². The van der Waals surface area contributed by atoms with Gasteiger partial charge in [0, 0.05) is 16.8 Å². The Kier molecular flexibility index (Phi) is 5.16. The third-order valence-electron chi connectivity index (χ3n) is 4.77. The molecule has 0 radical (unpaired) electrons. The molecule has 7 nitrogen and oxygen atoms in total. The van der Waals surface area contributed by atoms with Gasteiger partial charge in [-0.25, -0.2) is 9.37 Å². The predicted octanol–water partition coefficient (Wildman–Crippen LogP) is 4.53. The van der Waals surface area contributed by atoms with E-state index in [4.69, 9.17) is 26.1 Å². The van der Waals surface area contributed by atoms with E-state index in [1.807, 2.05) is 0 Å². The lowest BCUT2D eigenvalue weighted by atomic mass is 10.2. The number of nitrogens with one attached hydrogen (secondary N) is 2. The van der Waals surface area contributed by atoms with Crippen molar-refractivity contribution in [2.75, 3.05) is 18.5 Å². The number of nitrogens with zero attached hydrogens (tertiary/aromatic N) is 1. The molecule has 0 saturated carbocycles. The lowest BCUT2D eigenvalue weighted by molar-refractivity contribution is 0.0976. The van der Waals surface area contributed by atoms with E-state index < -0.39 is 0 Å². The Morgan fingerprint density at radius 2 is 1.75 bits per heavy atom. The SMILES string of the molecule is O=C(NC(=S)Nc1ccc2oc(-c3ccc(F)cc3)nc2c1)c1ccc2c(c1)OCCO2. The second-order valence-electron chi connectivity index (χ2n) is 6.98. The van der Waals surface area contributed by atoms with Gasteiger partial charge in [0.2, 0.25) is 5.89 Å². The Morgan fingerprint density at radius 1 is 0.969 bits per heavy atom. The molecule has 5 rings (SSSR count). The first kappa shape index (κ1) is 20.0. The number of ether oxygens (including phenoxy) is 2. The number of oxazole rings is 1. The van der Waals surface area contributed by atoms with E-state index in [1.165, 1.54) is 12.1 Å². The summed E-state index contributed by atoms with van der Waals surface area (Å²) < 4.78 is 29.8. The molecule has 0 bridgehead atoms. The Bertz CT molecular complexity index is 1340. The van der Waals surface area contributed by atoms with Gasteiger partial charge in [0.05, 0.1) is 0 Å². The zero-order valence-corrected chi connectivity index (χ0v) is 17.4. The van der Waals surface area contributed by atoms with Gasteiger partial charge in [0.25, 0.3) is 5.91 Å². The topological polar surface area (TPSA) is 85.6 Å². The molecular weight excluding hydrogens is 433 g/mol. The number of amides is 1. The third-order valence-corrected chi connectivity index (χ3v) is 4.97. The molecular formula is C23H16FN3O4S. The molecule has 3 aromatic carbocycles. The number of aromatic nitrogens is 1. The third kappa shape index (κ3) is 4.10. The summed E-state index contributed by atoms with van der Waals surface area (Å²) in [4.78, 5) is 17.0. The number of benzene rings is 3. The Morgan fingerprint density at radius 3 is 2.56 bits per heavy atom. The van der Waals surface area contributed by atoms with Crippen LogP contribution < -0.4 is 20.1 Å². The minimum atomic E-state index is -0.374. The normalized spacial score (nSPS) is 12.4. The van der Waals surface area contributed by atoms with Crippen molar-refractivity contribution >= 4 is 40.0 Å². The van der Waals surface area contributed by atoms with Gasteiger partial charge in [-0.15, -0.1) is 0 Å². The molecule has 2 heterocycles. The van der Waals surface area contributed by atoms with Crippen molar-refractivity contribution in [3.63, 3.8) is 0 Å². The van der Waals surface area contributed by atoms with Crippen molar-refractivity contribution in [3.8, 4) is 23.0 Å². The fraction of sp³-hybridized carbons (Fsp3) is 0.0870. The molecule has 32 heavy (non-hydrogen) atoms. The van der Waals surface area contributed by atoms with Gasteiger partial charge in [-0.3, -0.25) is 10.1 Å². The summed E-state index contributed by atoms with van der Waals surface area (Å²) in [5, 5.41) is 5.74. The van der Waals surface area contributed by atoms with Crippen LogP contribution in [0, 0.1) is 5.82 Å². The largest absolute Gasteiger partial charge is 0.486 e. The fourth-order valence-corrected chi connectivity index (χ4v) is 3.45. The Balaban J connectivity index is 1.28. The van der Waals surface area contributed by atoms with Crippen molar-refractivity contribution in [1.29, 1.82) is 0 Å². The molecule has 0 atom stereocenters. The number of thiocarbonyl (C=S) groups is 1. The van der Waals surface area contributed by atoms with Crippen LogP contribution in [-0.2, 0) is 0 Å². The highest BCUT2D eigenvalue weighted by molar-refractivity contribution is 7.80. The van der Waals surface area contributed by atoms with Gasteiger partial charge < -0.3 is 19.2 Å². The van der Waals surface area contributed by atoms with Crippen LogP contribution in [0.25, 0.3) is 22.6 Å². The second-order valence-corrected chi connectivity index (χ2v) is 7.38. The number of carbonyl (C=O) groups excluding carboxylic acids is 1. The standard InChI is InChI=1S/C23H16FN3O4S/c24-15-4-1-13(2-5-15)22-26-17-12-16(6-8-18(17)31-22)25-23(32)27-21(28)14-3-7-19-20(11-14)30-10-9-29-19/h1-8,11-12H,9-10H2,(H2,25,27,28,32). The summed E-state index contributed by atoms with van der Waals surface area (Å²) in [6, 6.07) is 16.1. The minimum absolute atomic E-state index is 0.131. The predicted molar refractivity (Wildman–Crippen MR) is 121 cm³/mol. The smallest absolute Gasteiger partial charge is 0.257 e. The maximum absolute atomic E-state index is 13.1. The van der Waals surface area contributed by atoms with Crippen molar-refractivity contribution < 1.29 is 23.1 Å². The molecule has 1 aromatic heterocycles. The van der Waals surface area contributed by atoms with Gasteiger partial charge in [-0.1, -0.05) is 0 Å². The molecule has 160 valence electrons. The van der Waals surface area contributed by atoms with E-state index in [2.05, 4.69) is 15.6 Å². The van der Waals surface area contributed by atoms with Crippen molar-refractivity contribution in [3.05, 3.63) is 72.0 Å². The summed E-state index contributed by atoms with van der Waals surface area (Å²) in [6.07, 6.45) is 0. The molecule has 0 spiro atoms. The molecule has 1 aliphatic heterocycles. The van der Waals surface area contributed by atoms with E-state index >= 15 is 0 Å². The van der Waals surface area contributed by atoms with Crippen LogP contribution in [-0.4, -0.2) is 29.2 Å². The number of anilines is 1. The molecule has 4 aromatic rings. The van der Waals surface area contributed by atoms with Crippen molar-refractivity contribution in [2.45, 2.75) is 0 Å². The number of hydrogen-bond donors (Lipinski definition) is 2. The van der Waals surface area contributed by atoms with Crippen LogP contribution in [0.15, 0.2) is 65.1 Å². The van der Waals surface area contributed by atoms with Gasteiger partial charge in [0.1, 0.15) is 24.5 Å². The molecule has 0 saturated heterocycles. The lowest BCUT2D eigenvalue weighted by Gasteiger charge is -2.18. The van der Waals surface area contributed by atoms with Gasteiger partial charge >= 0.3 is 0 Å². The first-order chi connectivity index (χ1) is 15.5. The highest BCUT2D eigenvalue weighted by atomic mass is 32.1. The molecule has 1 amide bonds. The van der Waals surface area contributed by atoms with E-state index in [0.717, 1.165) is 0 Å². The molecule has 0 fully saturated rings. The molecule has 1 aliphatic rings. The van der Waals surface area contributed by atoms with E-state index in [1.54, 1.807) is 48.5 Å². The average molecular weight is 449 g/mol. The first-order valence-electron chi connectivity index (χ1n) is 9.74.